The maximum absolute atomic E-state index is 10.8. The van der Waals surface area contributed by atoms with Crippen molar-refractivity contribution in [2.45, 2.75) is 25.2 Å². The number of nitrogen functional groups attached to an aromatic ring is 1. The van der Waals surface area contributed by atoms with Crippen molar-refractivity contribution in [1.82, 2.24) is 4.98 Å². The molecule has 7 nitrogen and oxygen atoms in total. The van der Waals surface area contributed by atoms with E-state index in [0.717, 1.165) is 29.7 Å². The Labute approximate surface area is 132 Å². The molecule has 7 heteroatoms. The number of hydrogen-bond acceptors (Lipinski definition) is 6. The van der Waals surface area contributed by atoms with E-state index in [4.69, 9.17) is 15.2 Å². The van der Waals surface area contributed by atoms with Gasteiger partial charge in [0.25, 0.3) is 0 Å². The van der Waals surface area contributed by atoms with Crippen molar-refractivity contribution in [2.24, 2.45) is 0 Å². The minimum atomic E-state index is -0.567. The van der Waals surface area contributed by atoms with Crippen LogP contribution in [0.15, 0.2) is 24.3 Å². The van der Waals surface area contributed by atoms with Crippen LogP contribution in [-0.2, 0) is 5.41 Å². The van der Waals surface area contributed by atoms with Crippen molar-refractivity contribution in [3.8, 4) is 17.4 Å². The van der Waals surface area contributed by atoms with Crippen molar-refractivity contribution >= 4 is 11.5 Å². The molecule has 0 atom stereocenters. The van der Waals surface area contributed by atoms with Crippen LogP contribution < -0.4 is 15.2 Å². The lowest BCUT2D eigenvalue weighted by molar-refractivity contribution is -0.384. The van der Waals surface area contributed by atoms with Crippen LogP contribution in [0.5, 0.6) is 17.4 Å². The van der Waals surface area contributed by atoms with E-state index in [1.807, 2.05) is 19.1 Å². The van der Waals surface area contributed by atoms with E-state index < -0.39 is 4.92 Å². The Morgan fingerprint density at radius 1 is 1.35 bits per heavy atom. The molecule has 0 saturated heterocycles. The zero-order valence-corrected chi connectivity index (χ0v) is 12.5. The summed E-state index contributed by atoms with van der Waals surface area (Å²) in [6.45, 7) is 2.69. The molecular formula is C16H15N3O4. The third kappa shape index (κ3) is 2.08. The Hall–Kier alpha value is -2.83. The van der Waals surface area contributed by atoms with Gasteiger partial charge in [-0.1, -0.05) is 6.07 Å². The molecule has 1 fully saturated rings. The number of fused-ring (bicyclic) bond motifs is 2. The summed E-state index contributed by atoms with van der Waals surface area (Å²) in [5.74, 6) is 1.65. The molecule has 2 heterocycles. The first kappa shape index (κ1) is 13.8. The number of aryl methyl sites for hydroxylation is 1. The van der Waals surface area contributed by atoms with Crippen LogP contribution in [0.2, 0.25) is 0 Å². The topological polar surface area (TPSA) is 101 Å². The quantitative estimate of drug-likeness (QED) is 0.690. The van der Waals surface area contributed by atoms with E-state index in [1.54, 1.807) is 0 Å². The zero-order valence-electron chi connectivity index (χ0n) is 12.5. The van der Waals surface area contributed by atoms with Gasteiger partial charge in [-0.2, -0.15) is 4.98 Å². The van der Waals surface area contributed by atoms with Crippen LogP contribution in [0.3, 0.4) is 0 Å². The van der Waals surface area contributed by atoms with Crippen molar-refractivity contribution < 1.29 is 14.4 Å². The number of pyridine rings is 1. The third-order valence-corrected chi connectivity index (χ3v) is 4.48. The normalized spacial score (nSPS) is 16.7. The fourth-order valence-electron chi connectivity index (χ4n) is 3.04. The van der Waals surface area contributed by atoms with Crippen molar-refractivity contribution in [3.05, 3.63) is 45.5 Å². The third-order valence-electron chi connectivity index (χ3n) is 4.48. The molecule has 2 aromatic rings. The number of nitrogens with two attached hydrogens (primary N) is 1. The number of aromatic nitrogens is 1. The average molecular weight is 313 g/mol. The standard InChI is InChI=1S/C16H15N3O4/c1-9-2-4-11(13-14(9)22-8-16(13)6-7-16)23-12-5-3-10(19(20)21)15(17)18-12/h2-5H,6-8H2,1H3,(H2,17,18). The van der Waals surface area contributed by atoms with Gasteiger partial charge in [-0.3, -0.25) is 10.1 Å². The van der Waals surface area contributed by atoms with Crippen molar-refractivity contribution in [1.29, 1.82) is 0 Å². The molecule has 0 unspecified atom stereocenters. The number of rotatable bonds is 3. The van der Waals surface area contributed by atoms with Crippen LogP contribution >= 0.6 is 0 Å². The number of ether oxygens (including phenoxy) is 2. The van der Waals surface area contributed by atoms with Gasteiger partial charge in [-0.05, 0) is 31.4 Å². The molecule has 1 aromatic carbocycles. The van der Waals surface area contributed by atoms with Gasteiger partial charge in [0.2, 0.25) is 11.7 Å². The Morgan fingerprint density at radius 3 is 2.78 bits per heavy atom. The molecule has 23 heavy (non-hydrogen) atoms. The van der Waals surface area contributed by atoms with E-state index in [2.05, 4.69) is 4.98 Å². The SMILES string of the molecule is Cc1ccc(Oc2ccc([N+](=O)[O-])c(N)n2)c2c1OCC21CC1. The largest absolute Gasteiger partial charge is 0.492 e. The van der Waals surface area contributed by atoms with E-state index in [9.17, 15) is 10.1 Å². The minimum Gasteiger partial charge on any atom is -0.492 e. The molecule has 4 rings (SSSR count). The van der Waals surface area contributed by atoms with Gasteiger partial charge < -0.3 is 15.2 Å². The molecule has 1 spiro atoms. The van der Waals surface area contributed by atoms with E-state index >= 15 is 0 Å². The van der Waals surface area contributed by atoms with E-state index in [-0.39, 0.29) is 22.8 Å². The van der Waals surface area contributed by atoms with Crippen molar-refractivity contribution in [2.75, 3.05) is 12.3 Å². The summed E-state index contributed by atoms with van der Waals surface area (Å²) < 4.78 is 11.7. The number of anilines is 1. The Bertz CT molecular complexity index is 830. The van der Waals surface area contributed by atoms with Gasteiger partial charge in [0.05, 0.1) is 11.5 Å². The molecule has 1 aromatic heterocycles. The van der Waals surface area contributed by atoms with Gasteiger partial charge in [0.1, 0.15) is 11.5 Å². The summed E-state index contributed by atoms with van der Waals surface area (Å²) in [7, 11) is 0. The average Bonchev–Trinajstić information content (AvgIpc) is 3.16. The predicted octanol–water partition coefficient (Wildman–Crippen LogP) is 3.10. The van der Waals surface area contributed by atoms with E-state index in [1.165, 1.54) is 12.1 Å². The van der Waals surface area contributed by atoms with Crippen LogP contribution in [0.1, 0.15) is 24.0 Å². The summed E-state index contributed by atoms with van der Waals surface area (Å²) in [6, 6.07) is 6.58. The first-order valence-corrected chi connectivity index (χ1v) is 7.36. The van der Waals surface area contributed by atoms with Gasteiger partial charge in [-0.15, -0.1) is 0 Å². The number of hydrogen-bond donors (Lipinski definition) is 1. The molecule has 0 amide bonds. The molecule has 1 aliphatic carbocycles. The highest BCUT2D eigenvalue weighted by atomic mass is 16.6. The molecule has 2 N–H and O–H groups in total. The maximum atomic E-state index is 10.8. The molecule has 2 aliphatic rings. The molecular weight excluding hydrogens is 298 g/mol. The zero-order chi connectivity index (χ0) is 16.2. The lowest BCUT2D eigenvalue weighted by Gasteiger charge is -2.13. The number of benzene rings is 1. The summed E-state index contributed by atoms with van der Waals surface area (Å²) >= 11 is 0. The molecule has 0 radical (unpaired) electrons. The second-order valence-corrected chi connectivity index (χ2v) is 6.07. The Kier molecular flexibility index (Phi) is 2.75. The summed E-state index contributed by atoms with van der Waals surface area (Å²) in [4.78, 5) is 14.2. The van der Waals surface area contributed by atoms with Crippen LogP contribution in [-0.4, -0.2) is 16.5 Å². The van der Waals surface area contributed by atoms with E-state index in [0.29, 0.717) is 12.4 Å². The Morgan fingerprint density at radius 2 is 2.13 bits per heavy atom. The van der Waals surface area contributed by atoms with Crippen molar-refractivity contribution in [3.63, 3.8) is 0 Å². The smallest absolute Gasteiger partial charge is 0.311 e. The lowest BCUT2D eigenvalue weighted by atomic mass is 9.95. The highest BCUT2D eigenvalue weighted by Gasteiger charge is 2.53. The predicted molar refractivity (Wildman–Crippen MR) is 83.0 cm³/mol. The fraction of sp³-hybridized carbons (Fsp3) is 0.312. The highest BCUT2D eigenvalue weighted by molar-refractivity contribution is 5.60. The molecule has 118 valence electrons. The second kappa shape index (κ2) is 4.58. The fourth-order valence-corrected chi connectivity index (χ4v) is 3.04. The van der Waals surface area contributed by atoms with Crippen LogP contribution in [0, 0.1) is 17.0 Å². The summed E-state index contributed by atoms with van der Waals surface area (Å²) in [5.41, 5.74) is 7.61. The van der Waals surface area contributed by atoms with Gasteiger partial charge in [-0.25, -0.2) is 0 Å². The lowest BCUT2D eigenvalue weighted by Crippen LogP contribution is -2.08. The minimum absolute atomic E-state index is 0.0585. The first-order chi connectivity index (χ1) is 11.0. The van der Waals surface area contributed by atoms with Gasteiger partial charge >= 0.3 is 5.69 Å². The van der Waals surface area contributed by atoms with Crippen LogP contribution in [0.25, 0.3) is 0 Å². The summed E-state index contributed by atoms with van der Waals surface area (Å²) in [6.07, 6.45) is 2.16. The molecule has 0 bridgehead atoms. The molecule has 1 aliphatic heterocycles. The van der Waals surface area contributed by atoms with Gasteiger partial charge in [0, 0.05) is 23.1 Å². The maximum Gasteiger partial charge on any atom is 0.311 e. The summed E-state index contributed by atoms with van der Waals surface area (Å²) in [5, 5.41) is 10.8. The Balaban J connectivity index is 1.72. The molecule has 1 saturated carbocycles. The number of nitro groups is 1. The highest BCUT2D eigenvalue weighted by Crippen LogP contribution is 2.59. The van der Waals surface area contributed by atoms with Crippen LogP contribution in [0.4, 0.5) is 11.5 Å². The monoisotopic (exact) mass is 313 g/mol. The first-order valence-electron chi connectivity index (χ1n) is 7.36. The number of nitrogens with zero attached hydrogens (tertiary/aromatic N) is 2. The second-order valence-electron chi connectivity index (χ2n) is 6.07. The van der Waals surface area contributed by atoms with Gasteiger partial charge in [0.15, 0.2) is 0 Å².